The molecule has 1 aliphatic rings. The fourth-order valence-electron chi connectivity index (χ4n) is 2.84. The van der Waals surface area contributed by atoms with Crippen LogP contribution in [0.2, 0.25) is 0 Å². The molecule has 0 radical (unpaired) electrons. The maximum Gasteiger partial charge on any atom is 0.122 e. The van der Waals surface area contributed by atoms with Crippen LogP contribution in [0.25, 0.3) is 0 Å². The van der Waals surface area contributed by atoms with E-state index in [-0.39, 0.29) is 0 Å². The van der Waals surface area contributed by atoms with Gasteiger partial charge in [-0.05, 0) is 50.9 Å². The van der Waals surface area contributed by atoms with E-state index in [0.717, 1.165) is 32.0 Å². The highest BCUT2D eigenvalue weighted by Gasteiger charge is 2.17. The number of hydrogen-bond acceptors (Lipinski definition) is 3. The van der Waals surface area contributed by atoms with Crippen molar-refractivity contribution in [3.05, 3.63) is 29.8 Å². The summed E-state index contributed by atoms with van der Waals surface area (Å²) < 4.78 is 5.92. The molecule has 3 heteroatoms. The lowest BCUT2D eigenvalue weighted by Crippen LogP contribution is -2.39. The van der Waals surface area contributed by atoms with Crippen molar-refractivity contribution < 1.29 is 4.74 Å². The highest BCUT2D eigenvalue weighted by atomic mass is 16.5. The van der Waals surface area contributed by atoms with E-state index in [2.05, 4.69) is 42.3 Å². The number of benzene rings is 1. The number of hydrogen-bond donors (Lipinski definition) is 1. The predicted molar refractivity (Wildman–Crippen MR) is 84.4 cm³/mol. The zero-order chi connectivity index (χ0) is 14.2. The molecule has 1 heterocycles. The molecule has 0 bridgehead atoms. The molecule has 0 aromatic heterocycles. The van der Waals surface area contributed by atoms with Crippen LogP contribution < -0.4 is 10.1 Å². The molecule has 2 rings (SSSR count). The monoisotopic (exact) mass is 276 g/mol. The fourth-order valence-corrected chi connectivity index (χ4v) is 2.84. The minimum absolute atomic E-state index is 0.681. The van der Waals surface area contributed by atoms with Crippen LogP contribution in [0.15, 0.2) is 24.3 Å². The number of nitrogens with one attached hydrogen (secondary N) is 1. The number of aryl methyl sites for hydroxylation is 1. The quantitative estimate of drug-likeness (QED) is 0.790. The minimum atomic E-state index is 0.681. The van der Waals surface area contributed by atoms with Crippen molar-refractivity contribution in [2.75, 3.05) is 32.8 Å². The van der Waals surface area contributed by atoms with E-state index in [1.54, 1.807) is 0 Å². The highest BCUT2D eigenvalue weighted by Crippen LogP contribution is 2.16. The number of rotatable bonds is 8. The average Bonchev–Trinajstić information content (AvgIpc) is 2.94. The second kappa shape index (κ2) is 8.28. The summed E-state index contributed by atoms with van der Waals surface area (Å²) in [5.74, 6) is 1.02. The van der Waals surface area contributed by atoms with Gasteiger partial charge in [0.2, 0.25) is 0 Å². The van der Waals surface area contributed by atoms with Crippen molar-refractivity contribution in [1.29, 1.82) is 0 Å². The first-order valence-corrected chi connectivity index (χ1v) is 7.93. The lowest BCUT2D eigenvalue weighted by atomic mass is 10.2. The van der Waals surface area contributed by atoms with Gasteiger partial charge in [-0.2, -0.15) is 0 Å². The third kappa shape index (κ3) is 4.80. The summed E-state index contributed by atoms with van der Waals surface area (Å²) in [5, 5.41) is 3.58. The Morgan fingerprint density at radius 3 is 2.85 bits per heavy atom. The lowest BCUT2D eigenvalue weighted by molar-refractivity contribution is 0.196. The standard InChI is InChI=1S/C17H28N2O/c1-3-11-19(14-16-8-6-10-18-16)12-13-20-17-9-5-4-7-15(17)2/h4-5,7,9,16,18H,3,6,8,10-14H2,1-2H3. The first kappa shape index (κ1) is 15.3. The zero-order valence-electron chi connectivity index (χ0n) is 12.9. The average molecular weight is 276 g/mol. The maximum atomic E-state index is 5.92. The Hall–Kier alpha value is -1.06. The number of para-hydroxylation sites is 1. The first-order valence-electron chi connectivity index (χ1n) is 7.93. The van der Waals surface area contributed by atoms with Crippen molar-refractivity contribution >= 4 is 0 Å². The van der Waals surface area contributed by atoms with E-state index >= 15 is 0 Å². The second-order valence-electron chi connectivity index (χ2n) is 5.71. The van der Waals surface area contributed by atoms with Crippen LogP contribution in [0.4, 0.5) is 0 Å². The van der Waals surface area contributed by atoms with Crippen LogP contribution in [0.5, 0.6) is 5.75 Å². The van der Waals surface area contributed by atoms with Crippen LogP contribution in [0.1, 0.15) is 31.7 Å². The summed E-state index contributed by atoms with van der Waals surface area (Å²) in [7, 11) is 0. The van der Waals surface area contributed by atoms with Gasteiger partial charge in [-0.1, -0.05) is 25.1 Å². The van der Waals surface area contributed by atoms with Gasteiger partial charge in [0.05, 0.1) is 0 Å². The molecule has 1 fully saturated rings. The Balaban J connectivity index is 1.75. The van der Waals surface area contributed by atoms with Crippen LogP contribution in [0.3, 0.4) is 0 Å². The van der Waals surface area contributed by atoms with Crippen LogP contribution in [0, 0.1) is 6.92 Å². The SMILES string of the molecule is CCCN(CCOc1ccccc1C)CC1CCCN1. The zero-order valence-corrected chi connectivity index (χ0v) is 12.9. The molecule has 1 unspecified atom stereocenters. The molecule has 112 valence electrons. The van der Waals surface area contributed by atoms with E-state index in [4.69, 9.17) is 4.74 Å². The van der Waals surface area contributed by atoms with E-state index < -0.39 is 0 Å². The largest absolute Gasteiger partial charge is 0.492 e. The smallest absolute Gasteiger partial charge is 0.122 e. The van der Waals surface area contributed by atoms with E-state index in [1.165, 1.54) is 31.4 Å². The van der Waals surface area contributed by atoms with Crippen molar-refractivity contribution in [2.24, 2.45) is 0 Å². The summed E-state index contributed by atoms with van der Waals surface area (Å²) >= 11 is 0. The van der Waals surface area contributed by atoms with Gasteiger partial charge in [-0.15, -0.1) is 0 Å². The van der Waals surface area contributed by atoms with Crippen molar-refractivity contribution in [3.8, 4) is 5.75 Å². The van der Waals surface area contributed by atoms with E-state index in [0.29, 0.717) is 6.04 Å². The second-order valence-corrected chi connectivity index (χ2v) is 5.71. The fraction of sp³-hybridized carbons (Fsp3) is 0.647. The molecule has 20 heavy (non-hydrogen) atoms. The van der Waals surface area contributed by atoms with Crippen molar-refractivity contribution in [3.63, 3.8) is 0 Å². The van der Waals surface area contributed by atoms with Gasteiger partial charge in [0.1, 0.15) is 12.4 Å². The molecule has 1 aliphatic heterocycles. The Labute approximate surface area is 123 Å². The maximum absolute atomic E-state index is 5.92. The van der Waals surface area contributed by atoms with Gasteiger partial charge >= 0.3 is 0 Å². The normalized spacial score (nSPS) is 18.6. The summed E-state index contributed by atoms with van der Waals surface area (Å²) in [6.45, 7) is 9.64. The van der Waals surface area contributed by atoms with Crippen LogP contribution in [-0.2, 0) is 0 Å². The topological polar surface area (TPSA) is 24.5 Å². The van der Waals surface area contributed by atoms with E-state index in [1.807, 2.05) is 6.07 Å². The van der Waals surface area contributed by atoms with Gasteiger partial charge in [0, 0.05) is 19.1 Å². The van der Waals surface area contributed by atoms with Gasteiger partial charge in [-0.3, -0.25) is 4.90 Å². The molecule has 1 aromatic carbocycles. The summed E-state index contributed by atoms with van der Waals surface area (Å²) in [6.07, 6.45) is 3.85. The number of ether oxygens (including phenoxy) is 1. The molecule has 3 nitrogen and oxygen atoms in total. The molecule has 0 spiro atoms. The van der Waals surface area contributed by atoms with Gasteiger partial charge in [0.15, 0.2) is 0 Å². The Kier molecular flexibility index (Phi) is 6.34. The van der Waals surface area contributed by atoms with Crippen molar-refractivity contribution in [2.45, 2.75) is 39.2 Å². The van der Waals surface area contributed by atoms with E-state index in [9.17, 15) is 0 Å². The Morgan fingerprint density at radius 1 is 1.30 bits per heavy atom. The summed E-state index contributed by atoms with van der Waals surface area (Å²) in [6, 6.07) is 8.92. The Morgan fingerprint density at radius 2 is 2.15 bits per heavy atom. The van der Waals surface area contributed by atoms with Gasteiger partial charge < -0.3 is 10.1 Å². The molecule has 0 saturated carbocycles. The Bertz CT molecular complexity index is 388. The third-order valence-electron chi connectivity index (χ3n) is 3.94. The summed E-state index contributed by atoms with van der Waals surface area (Å²) in [4.78, 5) is 2.53. The first-order chi connectivity index (χ1) is 9.79. The van der Waals surface area contributed by atoms with Gasteiger partial charge in [-0.25, -0.2) is 0 Å². The predicted octanol–water partition coefficient (Wildman–Crippen LogP) is 2.84. The van der Waals surface area contributed by atoms with Crippen LogP contribution >= 0.6 is 0 Å². The van der Waals surface area contributed by atoms with Crippen molar-refractivity contribution in [1.82, 2.24) is 10.2 Å². The van der Waals surface area contributed by atoms with Crippen LogP contribution in [-0.4, -0.2) is 43.7 Å². The molecule has 1 aromatic rings. The lowest BCUT2D eigenvalue weighted by Gasteiger charge is -2.25. The molecule has 0 aliphatic carbocycles. The molecule has 1 atom stereocenters. The highest BCUT2D eigenvalue weighted by molar-refractivity contribution is 5.31. The molecule has 1 N–H and O–H groups in total. The molecule has 1 saturated heterocycles. The minimum Gasteiger partial charge on any atom is -0.492 e. The third-order valence-corrected chi connectivity index (χ3v) is 3.94. The molecular weight excluding hydrogens is 248 g/mol. The number of nitrogens with zero attached hydrogens (tertiary/aromatic N) is 1. The summed E-state index contributed by atoms with van der Waals surface area (Å²) in [5.41, 5.74) is 1.21. The van der Waals surface area contributed by atoms with Gasteiger partial charge in [0.25, 0.3) is 0 Å². The molecular formula is C17H28N2O. The molecule has 0 amide bonds.